The predicted molar refractivity (Wildman–Crippen MR) is 79.6 cm³/mol. The molecule has 3 N–H and O–H groups in total. The first kappa shape index (κ1) is 14.4. The number of rotatable bonds is 2. The van der Waals surface area contributed by atoms with E-state index in [0.29, 0.717) is 5.65 Å². The molecule has 0 unspecified atom stereocenters. The minimum Gasteiger partial charge on any atom is -0.394 e. The molecule has 0 saturated carbocycles. The summed E-state index contributed by atoms with van der Waals surface area (Å²) in [5, 5.41) is 31.4. The Balaban J connectivity index is 1.83. The Morgan fingerprint density at radius 3 is 2.95 bits per heavy atom. The van der Waals surface area contributed by atoms with E-state index in [1.807, 2.05) is 6.20 Å². The van der Waals surface area contributed by atoms with Crippen molar-refractivity contribution in [1.82, 2.24) is 14.5 Å². The number of ether oxygens (including phenoxy) is 1. The fourth-order valence-electron chi connectivity index (χ4n) is 3.17. The summed E-state index contributed by atoms with van der Waals surface area (Å²) in [6.45, 7) is -0.336. The number of aryl methyl sites for hydroxylation is 1. The molecule has 4 rings (SSSR count). The van der Waals surface area contributed by atoms with E-state index < -0.39 is 24.5 Å². The largest absolute Gasteiger partial charge is 0.394 e. The molecule has 0 bridgehead atoms. The van der Waals surface area contributed by atoms with Crippen molar-refractivity contribution in [3.05, 3.63) is 18.1 Å². The van der Waals surface area contributed by atoms with E-state index >= 15 is 0 Å². The normalized spacial score (nSPS) is 31.6. The van der Waals surface area contributed by atoms with Gasteiger partial charge in [-0.3, -0.25) is 0 Å². The van der Waals surface area contributed by atoms with Crippen LogP contribution in [-0.2, 0) is 11.2 Å². The molecule has 4 heterocycles. The molecule has 7 nitrogen and oxygen atoms in total. The van der Waals surface area contributed by atoms with Crippen molar-refractivity contribution in [3.8, 4) is 0 Å². The number of hydrogen-bond donors (Lipinski definition) is 3. The lowest BCUT2D eigenvalue weighted by atomic mass is 10.1. The fraction of sp³-hybridized carbons (Fsp3) is 0.571. The molecule has 118 valence electrons. The van der Waals surface area contributed by atoms with E-state index in [4.69, 9.17) is 4.74 Å². The van der Waals surface area contributed by atoms with Gasteiger partial charge in [-0.25, -0.2) is 9.97 Å². The van der Waals surface area contributed by atoms with Crippen LogP contribution in [0.2, 0.25) is 0 Å². The number of aliphatic hydroxyl groups excluding tert-OH is 3. The standard InChI is InChI=1S/C14H17N3O4S/c18-5-8-10(19)11(20)14(21-8)17-4-7-2-1-3-22-13-9(7)12(17)15-6-16-13/h4,6,8,10-11,14,18-20H,1-3,5H2/t8-,10-,11+,14-/m1/s1. The lowest BCUT2D eigenvalue weighted by Gasteiger charge is -2.17. The molecule has 2 aromatic heterocycles. The molecule has 4 atom stereocenters. The van der Waals surface area contributed by atoms with E-state index in [0.717, 1.165) is 34.6 Å². The minimum absolute atomic E-state index is 0.336. The van der Waals surface area contributed by atoms with Crippen molar-refractivity contribution in [2.75, 3.05) is 12.4 Å². The molecule has 0 amide bonds. The summed E-state index contributed by atoms with van der Waals surface area (Å²) >= 11 is 1.71. The van der Waals surface area contributed by atoms with E-state index in [1.165, 1.54) is 6.33 Å². The van der Waals surface area contributed by atoms with Crippen LogP contribution < -0.4 is 0 Å². The van der Waals surface area contributed by atoms with Gasteiger partial charge in [0.25, 0.3) is 0 Å². The SMILES string of the molecule is OC[C@H]1O[C@@H](n2cc3c4c(ncnc42)SCCC3)[C@@H](O)[C@@H]1O. The first-order valence-corrected chi connectivity index (χ1v) is 8.29. The highest BCUT2D eigenvalue weighted by Crippen LogP contribution is 2.37. The van der Waals surface area contributed by atoms with Crippen molar-refractivity contribution in [1.29, 1.82) is 0 Å². The lowest BCUT2D eigenvalue weighted by Crippen LogP contribution is -2.33. The Morgan fingerprint density at radius 1 is 1.32 bits per heavy atom. The van der Waals surface area contributed by atoms with Crippen LogP contribution in [-0.4, -0.2) is 60.5 Å². The summed E-state index contributed by atoms with van der Waals surface area (Å²) < 4.78 is 7.38. The molecule has 2 aromatic rings. The topological polar surface area (TPSA) is 101 Å². The summed E-state index contributed by atoms with van der Waals surface area (Å²) in [4.78, 5) is 8.69. The van der Waals surface area contributed by atoms with E-state index in [2.05, 4.69) is 9.97 Å². The lowest BCUT2D eigenvalue weighted by molar-refractivity contribution is -0.0509. The quantitative estimate of drug-likeness (QED) is 0.673. The number of nitrogens with zero attached hydrogens (tertiary/aromatic N) is 3. The van der Waals surface area contributed by atoms with Crippen LogP contribution in [0.4, 0.5) is 0 Å². The second-order valence-corrected chi connectivity index (χ2v) is 6.70. The van der Waals surface area contributed by atoms with E-state index in [1.54, 1.807) is 16.3 Å². The van der Waals surface area contributed by atoms with Crippen molar-refractivity contribution >= 4 is 22.8 Å². The van der Waals surface area contributed by atoms with E-state index in [9.17, 15) is 15.3 Å². The first-order valence-electron chi connectivity index (χ1n) is 7.30. The molecule has 2 aliphatic heterocycles. The molecule has 1 fully saturated rings. The number of aliphatic hydroxyl groups is 3. The molecular weight excluding hydrogens is 306 g/mol. The highest BCUT2D eigenvalue weighted by Gasteiger charge is 2.44. The predicted octanol–water partition coefficient (Wildman–Crippen LogP) is 0.0811. The first-order chi connectivity index (χ1) is 10.7. The Kier molecular flexibility index (Phi) is 3.58. The maximum atomic E-state index is 10.2. The Hall–Kier alpha value is -1.19. The molecule has 0 aliphatic carbocycles. The number of aromatic nitrogens is 3. The zero-order valence-electron chi connectivity index (χ0n) is 11.8. The Bertz CT molecular complexity index is 707. The molecule has 0 aromatic carbocycles. The van der Waals surface area contributed by atoms with Gasteiger partial charge in [0.05, 0.1) is 12.0 Å². The van der Waals surface area contributed by atoms with Gasteiger partial charge in [0, 0.05) is 6.20 Å². The molecule has 1 saturated heterocycles. The fourth-order valence-corrected chi connectivity index (χ4v) is 4.14. The van der Waals surface area contributed by atoms with Gasteiger partial charge in [-0.15, -0.1) is 11.8 Å². The number of thioether (sulfide) groups is 1. The zero-order chi connectivity index (χ0) is 15.3. The third-order valence-corrected chi connectivity index (χ3v) is 5.35. The summed E-state index contributed by atoms with van der Waals surface area (Å²) in [6.07, 6.45) is 1.66. The second kappa shape index (κ2) is 5.47. The van der Waals surface area contributed by atoms with E-state index in [-0.39, 0.29) is 6.61 Å². The van der Waals surface area contributed by atoms with Crippen LogP contribution >= 0.6 is 11.8 Å². The van der Waals surface area contributed by atoms with Crippen molar-refractivity contribution in [2.45, 2.75) is 42.4 Å². The van der Waals surface area contributed by atoms with Gasteiger partial charge in [0.1, 0.15) is 35.3 Å². The molecule has 22 heavy (non-hydrogen) atoms. The Labute approximate surface area is 130 Å². The third kappa shape index (κ3) is 2.06. The summed E-state index contributed by atoms with van der Waals surface area (Å²) in [5.41, 5.74) is 1.83. The van der Waals surface area contributed by atoms with Crippen LogP contribution in [0.15, 0.2) is 17.6 Å². The Morgan fingerprint density at radius 2 is 2.18 bits per heavy atom. The molecular formula is C14H17N3O4S. The van der Waals surface area contributed by atoms with Crippen molar-refractivity contribution in [2.24, 2.45) is 0 Å². The smallest absolute Gasteiger partial charge is 0.164 e. The van der Waals surface area contributed by atoms with Gasteiger partial charge in [0.2, 0.25) is 0 Å². The maximum Gasteiger partial charge on any atom is 0.164 e. The van der Waals surface area contributed by atoms with Gasteiger partial charge in [-0.2, -0.15) is 0 Å². The van der Waals surface area contributed by atoms with Gasteiger partial charge in [-0.05, 0) is 24.2 Å². The van der Waals surface area contributed by atoms with Gasteiger partial charge >= 0.3 is 0 Å². The summed E-state index contributed by atoms with van der Waals surface area (Å²) in [6, 6.07) is 0. The maximum absolute atomic E-state index is 10.2. The van der Waals surface area contributed by atoms with Crippen LogP contribution in [0.5, 0.6) is 0 Å². The highest BCUT2D eigenvalue weighted by molar-refractivity contribution is 7.99. The van der Waals surface area contributed by atoms with Crippen LogP contribution in [0.3, 0.4) is 0 Å². The summed E-state index contributed by atoms with van der Waals surface area (Å²) in [5.74, 6) is 1.02. The average Bonchev–Trinajstić information content (AvgIpc) is 2.94. The molecule has 0 radical (unpaired) electrons. The van der Waals surface area contributed by atoms with Crippen LogP contribution in [0.25, 0.3) is 11.0 Å². The minimum atomic E-state index is -1.11. The van der Waals surface area contributed by atoms with Crippen molar-refractivity contribution in [3.63, 3.8) is 0 Å². The zero-order valence-corrected chi connectivity index (χ0v) is 12.6. The molecule has 8 heteroatoms. The highest BCUT2D eigenvalue weighted by atomic mass is 32.2. The second-order valence-electron chi connectivity index (χ2n) is 5.62. The van der Waals surface area contributed by atoms with Gasteiger partial charge in [-0.1, -0.05) is 0 Å². The third-order valence-electron chi connectivity index (χ3n) is 4.27. The van der Waals surface area contributed by atoms with Gasteiger partial charge in [0.15, 0.2) is 6.23 Å². The van der Waals surface area contributed by atoms with Crippen LogP contribution in [0, 0.1) is 0 Å². The number of hydrogen-bond acceptors (Lipinski definition) is 7. The monoisotopic (exact) mass is 323 g/mol. The van der Waals surface area contributed by atoms with Crippen LogP contribution in [0.1, 0.15) is 18.2 Å². The van der Waals surface area contributed by atoms with Gasteiger partial charge < -0.3 is 24.6 Å². The molecule has 2 aliphatic rings. The molecule has 0 spiro atoms. The summed E-state index contributed by atoms with van der Waals surface area (Å²) in [7, 11) is 0. The average molecular weight is 323 g/mol. The van der Waals surface area contributed by atoms with Crippen molar-refractivity contribution < 1.29 is 20.1 Å².